The van der Waals surface area contributed by atoms with Gasteiger partial charge in [-0.25, -0.2) is 4.98 Å². The van der Waals surface area contributed by atoms with E-state index in [-0.39, 0.29) is 5.78 Å². The second-order valence-corrected chi connectivity index (χ2v) is 6.77. The summed E-state index contributed by atoms with van der Waals surface area (Å²) in [6.45, 7) is 0. The van der Waals surface area contributed by atoms with Crippen molar-refractivity contribution in [3.8, 4) is 11.1 Å². The van der Waals surface area contributed by atoms with Crippen LogP contribution in [0.5, 0.6) is 0 Å². The maximum absolute atomic E-state index is 12.1. The van der Waals surface area contributed by atoms with Gasteiger partial charge in [0, 0.05) is 48.6 Å². The predicted molar refractivity (Wildman–Crippen MR) is 107 cm³/mol. The monoisotopic (exact) mass is 355 g/mol. The van der Waals surface area contributed by atoms with Crippen LogP contribution in [0.1, 0.15) is 24.0 Å². The Labute approximate surface area is 158 Å². The van der Waals surface area contributed by atoms with E-state index in [0.29, 0.717) is 12.8 Å². The van der Waals surface area contributed by atoms with Crippen LogP contribution in [-0.4, -0.2) is 20.7 Å². The van der Waals surface area contributed by atoms with Gasteiger partial charge in [-0.05, 0) is 47.7 Å². The normalized spacial score (nSPS) is 11.0. The molecule has 4 heteroatoms. The number of fused-ring (bicyclic) bond motifs is 1. The number of hydrogen-bond donors (Lipinski definition) is 1. The molecule has 0 radical (unpaired) electrons. The SMILES string of the molecule is O=C(CCCc1ccc(-c2cnc3[nH]ccc3c2)cc1)Cc1cccnc1. The van der Waals surface area contributed by atoms with E-state index in [1.807, 2.05) is 30.6 Å². The Morgan fingerprint density at radius 1 is 0.963 bits per heavy atom. The molecule has 0 unspecified atom stereocenters. The van der Waals surface area contributed by atoms with Gasteiger partial charge in [-0.3, -0.25) is 9.78 Å². The van der Waals surface area contributed by atoms with Crippen LogP contribution in [-0.2, 0) is 17.6 Å². The number of hydrogen-bond acceptors (Lipinski definition) is 3. The molecule has 3 heterocycles. The van der Waals surface area contributed by atoms with Crippen molar-refractivity contribution in [2.45, 2.75) is 25.7 Å². The molecule has 0 amide bonds. The number of carbonyl (C=O) groups excluding carboxylic acids is 1. The van der Waals surface area contributed by atoms with Crippen LogP contribution in [0.4, 0.5) is 0 Å². The van der Waals surface area contributed by atoms with Crippen LogP contribution in [0, 0.1) is 0 Å². The van der Waals surface area contributed by atoms with Crippen LogP contribution in [0.25, 0.3) is 22.2 Å². The molecule has 27 heavy (non-hydrogen) atoms. The topological polar surface area (TPSA) is 58.6 Å². The summed E-state index contributed by atoms with van der Waals surface area (Å²) >= 11 is 0. The third-order valence-electron chi connectivity index (χ3n) is 4.73. The van der Waals surface area contributed by atoms with E-state index in [1.165, 1.54) is 5.56 Å². The second-order valence-electron chi connectivity index (χ2n) is 6.77. The first-order valence-electron chi connectivity index (χ1n) is 9.21. The van der Waals surface area contributed by atoms with E-state index < -0.39 is 0 Å². The second kappa shape index (κ2) is 7.96. The van der Waals surface area contributed by atoms with Gasteiger partial charge in [0.2, 0.25) is 0 Å². The standard InChI is InChI=1S/C23H21N3O/c27-22(13-18-4-2-11-24-15-18)5-1-3-17-6-8-19(9-7-17)21-14-20-10-12-25-23(20)26-16-21/h2,4,6-12,14-16H,1,3,5,13H2,(H,25,26). The lowest BCUT2D eigenvalue weighted by molar-refractivity contribution is -0.118. The number of rotatable bonds is 7. The van der Waals surface area contributed by atoms with Gasteiger partial charge in [0.25, 0.3) is 0 Å². The number of aromatic amines is 1. The van der Waals surface area contributed by atoms with E-state index >= 15 is 0 Å². The summed E-state index contributed by atoms with van der Waals surface area (Å²) in [5, 5.41) is 1.11. The minimum Gasteiger partial charge on any atom is -0.346 e. The van der Waals surface area contributed by atoms with Crippen molar-refractivity contribution in [1.82, 2.24) is 15.0 Å². The molecular weight excluding hydrogens is 334 g/mol. The van der Waals surface area contributed by atoms with E-state index in [1.54, 1.807) is 12.4 Å². The van der Waals surface area contributed by atoms with Crippen LogP contribution in [0.2, 0.25) is 0 Å². The smallest absolute Gasteiger partial charge is 0.137 e. The first kappa shape index (κ1) is 17.2. The van der Waals surface area contributed by atoms with Gasteiger partial charge in [0.1, 0.15) is 11.4 Å². The van der Waals surface area contributed by atoms with Crippen molar-refractivity contribution < 1.29 is 4.79 Å². The Hall–Kier alpha value is -3.27. The number of nitrogens with zero attached hydrogens (tertiary/aromatic N) is 2. The molecule has 0 bridgehead atoms. The Balaban J connectivity index is 1.32. The number of nitrogens with one attached hydrogen (secondary N) is 1. The molecule has 3 aromatic heterocycles. The van der Waals surface area contributed by atoms with Gasteiger partial charge in [-0.2, -0.15) is 0 Å². The van der Waals surface area contributed by atoms with Crippen molar-refractivity contribution in [2.24, 2.45) is 0 Å². The summed E-state index contributed by atoms with van der Waals surface area (Å²) in [5.41, 5.74) is 5.41. The minimum absolute atomic E-state index is 0.269. The Bertz CT molecular complexity index is 1040. The molecule has 4 rings (SSSR count). The zero-order valence-corrected chi connectivity index (χ0v) is 15.1. The van der Waals surface area contributed by atoms with E-state index in [0.717, 1.165) is 40.6 Å². The van der Waals surface area contributed by atoms with Crippen LogP contribution < -0.4 is 0 Å². The Morgan fingerprint density at radius 3 is 2.67 bits per heavy atom. The van der Waals surface area contributed by atoms with Gasteiger partial charge in [0.15, 0.2) is 0 Å². The maximum atomic E-state index is 12.1. The summed E-state index contributed by atoms with van der Waals surface area (Å²) in [6.07, 6.45) is 10.1. The van der Waals surface area contributed by atoms with E-state index in [2.05, 4.69) is 45.3 Å². The summed E-state index contributed by atoms with van der Waals surface area (Å²) in [6, 6.07) is 16.5. The fourth-order valence-corrected chi connectivity index (χ4v) is 3.27. The number of aryl methyl sites for hydroxylation is 1. The van der Waals surface area contributed by atoms with Gasteiger partial charge in [0.05, 0.1) is 0 Å². The Morgan fingerprint density at radius 2 is 1.85 bits per heavy atom. The fourth-order valence-electron chi connectivity index (χ4n) is 3.27. The molecule has 0 saturated carbocycles. The first-order valence-corrected chi connectivity index (χ1v) is 9.21. The molecule has 0 spiro atoms. The fraction of sp³-hybridized carbons (Fsp3) is 0.174. The van der Waals surface area contributed by atoms with Crippen LogP contribution in [0.15, 0.2) is 73.3 Å². The summed E-state index contributed by atoms with van der Waals surface area (Å²) in [7, 11) is 0. The van der Waals surface area contributed by atoms with Crippen molar-refractivity contribution in [3.63, 3.8) is 0 Å². The number of pyridine rings is 2. The molecule has 0 atom stereocenters. The quantitative estimate of drug-likeness (QED) is 0.520. The minimum atomic E-state index is 0.269. The lowest BCUT2D eigenvalue weighted by atomic mass is 10.0. The molecule has 0 aliphatic rings. The molecule has 134 valence electrons. The van der Waals surface area contributed by atoms with Crippen LogP contribution in [0.3, 0.4) is 0 Å². The van der Waals surface area contributed by atoms with Gasteiger partial charge >= 0.3 is 0 Å². The number of benzene rings is 1. The first-order chi connectivity index (χ1) is 13.3. The molecule has 4 aromatic rings. The van der Waals surface area contributed by atoms with E-state index in [4.69, 9.17) is 0 Å². The molecule has 0 aliphatic carbocycles. The Kier molecular flexibility index (Phi) is 5.06. The highest BCUT2D eigenvalue weighted by molar-refractivity contribution is 5.81. The van der Waals surface area contributed by atoms with Crippen molar-refractivity contribution >= 4 is 16.8 Å². The summed E-state index contributed by atoms with van der Waals surface area (Å²) in [5.74, 6) is 0.269. The molecule has 0 saturated heterocycles. The number of carbonyl (C=O) groups is 1. The summed E-state index contributed by atoms with van der Waals surface area (Å²) in [4.78, 5) is 23.7. The number of Topliss-reactive ketones (excluding diaryl/α,β-unsaturated/α-hetero) is 1. The number of ketones is 1. The largest absolute Gasteiger partial charge is 0.346 e. The van der Waals surface area contributed by atoms with Crippen molar-refractivity contribution in [2.75, 3.05) is 0 Å². The molecule has 4 nitrogen and oxygen atoms in total. The van der Waals surface area contributed by atoms with Gasteiger partial charge < -0.3 is 4.98 Å². The third-order valence-corrected chi connectivity index (χ3v) is 4.73. The predicted octanol–water partition coefficient (Wildman–Crippen LogP) is 4.76. The van der Waals surface area contributed by atoms with E-state index in [9.17, 15) is 4.79 Å². The lowest BCUT2D eigenvalue weighted by Gasteiger charge is -2.05. The zero-order valence-electron chi connectivity index (χ0n) is 15.1. The molecule has 1 N–H and O–H groups in total. The molecular formula is C23H21N3O. The summed E-state index contributed by atoms with van der Waals surface area (Å²) < 4.78 is 0. The number of aromatic nitrogens is 3. The average Bonchev–Trinajstić information content (AvgIpc) is 3.17. The molecule has 0 aliphatic heterocycles. The molecule has 1 aromatic carbocycles. The highest BCUT2D eigenvalue weighted by Crippen LogP contribution is 2.23. The van der Waals surface area contributed by atoms with Crippen molar-refractivity contribution in [3.05, 3.63) is 84.4 Å². The zero-order chi connectivity index (χ0) is 18.5. The van der Waals surface area contributed by atoms with Gasteiger partial charge in [-0.1, -0.05) is 30.3 Å². The average molecular weight is 355 g/mol. The van der Waals surface area contributed by atoms with Crippen LogP contribution >= 0.6 is 0 Å². The van der Waals surface area contributed by atoms with Crippen molar-refractivity contribution in [1.29, 1.82) is 0 Å². The third kappa shape index (κ3) is 4.29. The highest BCUT2D eigenvalue weighted by Gasteiger charge is 2.05. The maximum Gasteiger partial charge on any atom is 0.137 e. The lowest BCUT2D eigenvalue weighted by Crippen LogP contribution is -2.03. The number of H-pyrrole nitrogens is 1. The van der Waals surface area contributed by atoms with Gasteiger partial charge in [-0.15, -0.1) is 0 Å². The highest BCUT2D eigenvalue weighted by atomic mass is 16.1. The molecule has 0 fully saturated rings.